The number of aliphatic hydroxyl groups excluding tert-OH is 1. The third-order valence-corrected chi connectivity index (χ3v) is 4.67. The van der Waals surface area contributed by atoms with Crippen molar-refractivity contribution in [3.8, 4) is 0 Å². The Balaban J connectivity index is 2.34. The smallest absolute Gasteiger partial charge is 0.244 e. The van der Waals surface area contributed by atoms with Crippen LogP contribution in [0, 0.1) is 5.82 Å². The zero-order chi connectivity index (χ0) is 15.5. The second-order valence-corrected chi connectivity index (χ2v) is 6.41. The van der Waals surface area contributed by atoms with Crippen LogP contribution in [0.4, 0.5) is 4.39 Å². The predicted molar refractivity (Wildman–Crippen MR) is 78.0 cm³/mol. The van der Waals surface area contributed by atoms with E-state index in [2.05, 4.69) is 4.72 Å². The van der Waals surface area contributed by atoms with Gasteiger partial charge in [-0.15, -0.1) is 0 Å². The summed E-state index contributed by atoms with van der Waals surface area (Å²) in [5.74, 6) is -1.02. The summed E-state index contributed by atoms with van der Waals surface area (Å²) >= 11 is 5.59. The van der Waals surface area contributed by atoms with Crippen molar-refractivity contribution in [2.75, 3.05) is 6.61 Å². The van der Waals surface area contributed by atoms with Gasteiger partial charge in [0.25, 0.3) is 0 Å². The van der Waals surface area contributed by atoms with Crippen molar-refractivity contribution >= 4 is 21.6 Å². The lowest BCUT2D eigenvalue weighted by Gasteiger charge is -2.17. The number of hydrogen-bond donors (Lipinski definition) is 2. The van der Waals surface area contributed by atoms with E-state index in [4.69, 9.17) is 11.6 Å². The molecule has 0 amide bonds. The Morgan fingerprint density at radius 2 is 1.81 bits per heavy atom. The second kappa shape index (κ2) is 6.53. The Morgan fingerprint density at radius 1 is 1.14 bits per heavy atom. The number of halogens is 2. The number of aliphatic hydroxyl groups is 1. The average Bonchev–Trinajstić information content (AvgIpc) is 2.48. The van der Waals surface area contributed by atoms with Crippen molar-refractivity contribution < 1.29 is 17.9 Å². The molecule has 4 nitrogen and oxygen atoms in total. The second-order valence-electron chi connectivity index (χ2n) is 4.32. The maximum Gasteiger partial charge on any atom is 0.244 e. The Bertz CT molecular complexity index is 722. The third kappa shape index (κ3) is 3.59. The zero-order valence-corrected chi connectivity index (χ0v) is 12.4. The van der Waals surface area contributed by atoms with E-state index >= 15 is 0 Å². The molecule has 2 rings (SSSR count). The van der Waals surface area contributed by atoms with Gasteiger partial charge in [0, 0.05) is 0 Å². The van der Waals surface area contributed by atoms with E-state index in [1.807, 2.05) is 0 Å². The average molecular weight is 330 g/mol. The minimum Gasteiger partial charge on any atom is -0.394 e. The summed E-state index contributed by atoms with van der Waals surface area (Å²) in [5, 5.41) is 9.09. The van der Waals surface area contributed by atoms with E-state index in [0.717, 1.165) is 6.07 Å². The molecule has 0 heterocycles. The molecule has 1 atom stereocenters. The standard InChI is InChI=1S/C14H13ClFNO3S/c15-11-7-4-8-13(14(11)16)21(19,20)17-12(9-18)10-5-2-1-3-6-10/h1-8,12,17-18H,9H2/t12-/m1/s1. The molecule has 7 heteroatoms. The van der Waals surface area contributed by atoms with Crippen molar-refractivity contribution in [2.24, 2.45) is 0 Å². The molecule has 0 fully saturated rings. The predicted octanol–water partition coefficient (Wildman–Crippen LogP) is 2.49. The van der Waals surface area contributed by atoms with Crippen molar-refractivity contribution in [1.82, 2.24) is 4.72 Å². The van der Waals surface area contributed by atoms with E-state index in [1.165, 1.54) is 12.1 Å². The normalized spacial score (nSPS) is 13.1. The van der Waals surface area contributed by atoms with Crippen LogP contribution in [0.1, 0.15) is 11.6 Å². The van der Waals surface area contributed by atoms with Crippen LogP contribution in [0.2, 0.25) is 5.02 Å². The van der Waals surface area contributed by atoms with E-state index in [0.29, 0.717) is 5.56 Å². The Labute approximate surface area is 127 Å². The number of benzene rings is 2. The van der Waals surface area contributed by atoms with Crippen LogP contribution in [0.15, 0.2) is 53.4 Å². The third-order valence-electron chi connectivity index (χ3n) is 2.89. The fourth-order valence-electron chi connectivity index (χ4n) is 1.84. The molecular formula is C14H13ClFNO3S. The van der Waals surface area contributed by atoms with E-state index in [1.54, 1.807) is 30.3 Å². The number of hydrogen-bond acceptors (Lipinski definition) is 3. The fourth-order valence-corrected chi connectivity index (χ4v) is 3.38. The van der Waals surface area contributed by atoms with Crippen LogP contribution in [0.5, 0.6) is 0 Å². The SMILES string of the molecule is O=S(=O)(N[C@H](CO)c1ccccc1)c1cccc(Cl)c1F. The van der Waals surface area contributed by atoms with Crippen LogP contribution in [-0.2, 0) is 10.0 Å². The van der Waals surface area contributed by atoms with Gasteiger partial charge in [-0.3, -0.25) is 0 Å². The van der Waals surface area contributed by atoms with Crippen LogP contribution >= 0.6 is 11.6 Å². The molecule has 2 N–H and O–H groups in total. The summed E-state index contributed by atoms with van der Waals surface area (Å²) < 4.78 is 40.6. The number of rotatable bonds is 5. The summed E-state index contributed by atoms with van der Waals surface area (Å²) in [6.07, 6.45) is 0. The van der Waals surface area contributed by atoms with Gasteiger partial charge in [-0.1, -0.05) is 48.0 Å². The minimum atomic E-state index is -4.14. The lowest BCUT2D eigenvalue weighted by molar-refractivity contribution is 0.258. The van der Waals surface area contributed by atoms with Gasteiger partial charge < -0.3 is 5.11 Å². The molecule has 21 heavy (non-hydrogen) atoms. The molecule has 0 bridgehead atoms. The van der Waals surface area contributed by atoms with Crippen molar-refractivity contribution in [2.45, 2.75) is 10.9 Å². The molecule has 0 aliphatic heterocycles. The highest BCUT2D eigenvalue weighted by Crippen LogP contribution is 2.23. The Kier molecular flexibility index (Phi) is 4.95. The summed E-state index contributed by atoms with van der Waals surface area (Å²) in [5.41, 5.74) is 0.575. The first-order chi connectivity index (χ1) is 9.95. The van der Waals surface area contributed by atoms with E-state index < -0.39 is 33.4 Å². The zero-order valence-electron chi connectivity index (χ0n) is 10.8. The lowest BCUT2D eigenvalue weighted by atomic mass is 10.1. The first-order valence-electron chi connectivity index (χ1n) is 6.08. The van der Waals surface area contributed by atoms with Crippen molar-refractivity contribution in [1.29, 1.82) is 0 Å². The van der Waals surface area contributed by atoms with Crippen LogP contribution in [0.25, 0.3) is 0 Å². The van der Waals surface area contributed by atoms with E-state index in [-0.39, 0.29) is 5.02 Å². The van der Waals surface area contributed by atoms with Gasteiger partial charge in [-0.2, -0.15) is 0 Å². The van der Waals surface area contributed by atoms with Gasteiger partial charge in [-0.25, -0.2) is 17.5 Å². The van der Waals surface area contributed by atoms with Gasteiger partial charge in [0.05, 0.1) is 17.7 Å². The maximum absolute atomic E-state index is 13.8. The maximum atomic E-state index is 13.8. The number of nitrogens with one attached hydrogen (secondary N) is 1. The summed E-state index contributed by atoms with van der Waals surface area (Å²) in [6.45, 7) is -0.453. The van der Waals surface area contributed by atoms with E-state index in [9.17, 15) is 17.9 Å². The van der Waals surface area contributed by atoms with Crippen LogP contribution in [0.3, 0.4) is 0 Å². The van der Waals surface area contributed by atoms with Gasteiger partial charge >= 0.3 is 0 Å². The molecule has 0 radical (unpaired) electrons. The van der Waals surface area contributed by atoms with Crippen molar-refractivity contribution in [3.05, 3.63) is 64.9 Å². The molecular weight excluding hydrogens is 317 g/mol. The first kappa shape index (κ1) is 15.9. The molecule has 0 saturated heterocycles. The summed E-state index contributed by atoms with van der Waals surface area (Å²) in [7, 11) is -4.14. The Morgan fingerprint density at radius 3 is 2.43 bits per heavy atom. The molecule has 0 unspecified atom stereocenters. The first-order valence-corrected chi connectivity index (χ1v) is 7.94. The van der Waals surface area contributed by atoms with Gasteiger partial charge in [0.1, 0.15) is 4.90 Å². The molecule has 0 aliphatic rings. The molecule has 0 spiro atoms. The molecule has 2 aromatic rings. The lowest BCUT2D eigenvalue weighted by Crippen LogP contribution is -2.31. The molecule has 112 valence electrons. The number of sulfonamides is 1. The van der Waals surface area contributed by atoms with Crippen LogP contribution in [-0.4, -0.2) is 20.1 Å². The highest BCUT2D eigenvalue weighted by Gasteiger charge is 2.24. The largest absolute Gasteiger partial charge is 0.394 e. The van der Waals surface area contributed by atoms with Crippen LogP contribution < -0.4 is 4.72 Å². The van der Waals surface area contributed by atoms with Gasteiger partial charge in [0.15, 0.2) is 5.82 Å². The minimum absolute atomic E-state index is 0.280. The Hall–Kier alpha value is -1.47. The van der Waals surface area contributed by atoms with Gasteiger partial charge in [-0.05, 0) is 17.7 Å². The quantitative estimate of drug-likeness (QED) is 0.885. The topological polar surface area (TPSA) is 66.4 Å². The molecule has 0 aromatic heterocycles. The van der Waals surface area contributed by atoms with Gasteiger partial charge in [0.2, 0.25) is 10.0 Å². The highest BCUT2D eigenvalue weighted by atomic mass is 35.5. The molecule has 0 aliphatic carbocycles. The monoisotopic (exact) mass is 329 g/mol. The summed E-state index contributed by atoms with van der Waals surface area (Å²) in [4.78, 5) is -0.551. The fraction of sp³-hybridized carbons (Fsp3) is 0.143. The van der Waals surface area contributed by atoms with Crippen molar-refractivity contribution in [3.63, 3.8) is 0 Å². The summed E-state index contributed by atoms with van der Waals surface area (Å²) in [6, 6.07) is 11.4. The molecule has 2 aromatic carbocycles. The molecule has 0 saturated carbocycles. The highest BCUT2D eigenvalue weighted by molar-refractivity contribution is 7.89.